The van der Waals surface area contributed by atoms with Gasteiger partial charge in [0, 0.05) is 18.3 Å². The highest BCUT2D eigenvalue weighted by Gasteiger charge is 2.31. The van der Waals surface area contributed by atoms with Gasteiger partial charge in [-0.1, -0.05) is 11.8 Å². The number of amidine groups is 1. The van der Waals surface area contributed by atoms with Crippen molar-refractivity contribution in [2.75, 3.05) is 24.6 Å². The molecule has 0 aromatic carbocycles. The zero-order valence-electron chi connectivity index (χ0n) is 10.3. The lowest BCUT2D eigenvalue weighted by Gasteiger charge is -2.17. The molecule has 6 nitrogen and oxygen atoms in total. The number of carbonyl (C=O) groups is 1. The molecule has 0 radical (unpaired) electrons. The number of aliphatic imine (C=N–C) groups is 1. The average Bonchev–Trinajstić information content (AvgIpc) is 2.97. The minimum absolute atomic E-state index is 0.0724. The minimum Gasteiger partial charge on any atom is -0.352 e. The van der Waals surface area contributed by atoms with Gasteiger partial charge in [0.05, 0.1) is 24.5 Å². The molecule has 3 aliphatic heterocycles. The minimum atomic E-state index is -2.95. The lowest BCUT2D eigenvalue weighted by Crippen LogP contribution is -2.36. The smallest absolute Gasteiger partial charge is 0.226 e. The third-order valence-corrected chi connectivity index (χ3v) is 6.11. The number of thioether (sulfide) groups is 1. The number of carbonyl (C=O) groups excluding carboxylic acids is 1. The number of hydrogen-bond donors (Lipinski definition) is 1. The van der Waals surface area contributed by atoms with Gasteiger partial charge >= 0.3 is 0 Å². The highest BCUT2D eigenvalue weighted by Crippen LogP contribution is 2.30. The van der Waals surface area contributed by atoms with E-state index in [1.807, 2.05) is 5.41 Å². The van der Waals surface area contributed by atoms with Crippen LogP contribution >= 0.6 is 11.8 Å². The first-order valence-corrected chi connectivity index (χ1v) is 8.91. The van der Waals surface area contributed by atoms with Gasteiger partial charge in [0.25, 0.3) is 0 Å². The van der Waals surface area contributed by atoms with Gasteiger partial charge in [0.15, 0.2) is 15.0 Å². The van der Waals surface area contributed by atoms with Crippen molar-refractivity contribution in [3.8, 4) is 0 Å². The number of rotatable bonds is 3. The molecule has 104 valence electrons. The molecule has 3 heterocycles. The Labute approximate surface area is 116 Å². The molecule has 0 spiro atoms. The first kappa shape index (κ1) is 13.0. The summed E-state index contributed by atoms with van der Waals surface area (Å²) in [5.74, 6) is 0.143. The van der Waals surface area contributed by atoms with Crippen LogP contribution in [-0.4, -0.2) is 55.0 Å². The predicted molar refractivity (Wildman–Crippen MR) is 74.5 cm³/mol. The van der Waals surface area contributed by atoms with Crippen LogP contribution in [0.5, 0.6) is 0 Å². The van der Waals surface area contributed by atoms with Crippen LogP contribution in [0.1, 0.15) is 12.8 Å². The van der Waals surface area contributed by atoms with E-state index in [1.165, 1.54) is 0 Å². The Kier molecular flexibility index (Phi) is 3.30. The highest BCUT2D eigenvalue weighted by atomic mass is 32.2. The van der Waals surface area contributed by atoms with E-state index in [4.69, 9.17) is 0 Å². The van der Waals surface area contributed by atoms with E-state index in [-0.39, 0.29) is 23.5 Å². The van der Waals surface area contributed by atoms with Crippen molar-refractivity contribution in [3.63, 3.8) is 0 Å². The summed E-state index contributed by atoms with van der Waals surface area (Å²) in [5.41, 5.74) is 0.958. The second kappa shape index (κ2) is 4.82. The van der Waals surface area contributed by atoms with E-state index in [0.717, 1.165) is 24.0 Å². The molecule has 0 bridgehead atoms. The van der Waals surface area contributed by atoms with Crippen LogP contribution in [0.25, 0.3) is 0 Å². The molecular formula is C11H15N3O3S2. The van der Waals surface area contributed by atoms with Gasteiger partial charge in [-0.2, -0.15) is 0 Å². The van der Waals surface area contributed by atoms with Crippen LogP contribution < -0.4 is 5.32 Å². The first-order valence-electron chi connectivity index (χ1n) is 6.21. The normalized spacial score (nSPS) is 28.0. The summed E-state index contributed by atoms with van der Waals surface area (Å²) in [6, 6.07) is -0.223. The van der Waals surface area contributed by atoms with Gasteiger partial charge in [0.1, 0.15) is 0 Å². The fourth-order valence-corrected chi connectivity index (χ4v) is 5.09. The van der Waals surface area contributed by atoms with Crippen molar-refractivity contribution >= 4 is 32.7 Å². The standard InChI is InChI=1S/C11H15N3O3S2/c15-10(13-8-1-4-19(16,17)7-8)5-9-6-18-11-12-2-3-14(9)11/h6,8H,1-5,7H2,(H,13,15). The number of nitrogens with zero attached hydrogens (tertiary/aromatic N) is 2. The molecule has 0 aliphatic carbocycles. The third-order valence-electron chi connectivity index (χ3n) is 3.39. The van der Waals surface area contributed by atoms with Crippen LogP contribution in [0.15, 0.2) is 16.1 Å². The monoisotopic (exact) mass is 301 g/mol. The van der Waals surface area contributed by atoms with E-state index < -0.39 is 9.84 Å². The lowest BCUT2D eigenvalue weighted by atomic mass is 10.2. The molecule has 1 atom stereocenters. The molecule has 19 heavy (non-hydrogen) atoms. The summed E-state index contributed by atoms with van der Waals surface area (Å²) in [4.78, 5) is 18.3. The van der Waals surface area contributed by atoms with Gasteiger partial charge in [-0.3, -0.25) is 9.79 Å². The summed E-state index contributed by atoms with van der Waals surface area (Å²) < 4.78 is 22.7. The van der Waals surface area contributed by atoms with E-state index in [0.29, 0.717) is 12.8 Å². The zero-order valence-corrected chi connectivity index (χ0v) is 12.0. The van der Waals surface area contributed by atoms with Crippen LogP contribution in [0.3, 0.4) is 0 Å². The second-order valence-electron chi connectivity index (χ2n) is 4.89. The number of nitrogens with one attached hydrogen (secondary N) is 1. The maximum Gasteiger partial charge on any atom is 0.226 e. The molecule has 1 saturated heterocycles. The molecule has 0 aromatic rings. The molecule has 0 saturated carbocycles. The molecule has 3 rings (SSSR count). The van der Waals surface area contributed by atoms with Gasteiger partial charge in [-0.15, -0.1) is 0 Å². The maximum absolute atomic E-state index is 11.9. The number of hydrogen-bond acceptors (Lipinski definition) is 6. The van der Waals surface area contributed by atoms with Crippen LogP contribution in [0, 0.1) is 0 Å². The second-order valence-corrected chi connectivity index (χ2v) is 7.95. The Morgan fingerprint density at radius 2 is 2.42 bits per heavy atom. The predicted octanol–water partition coefficient (Wildman–Crippen LogP) is -0.0604. The summed E-state index contributed by atoms with van der Waals surface area (Å²) in [6.45, 7) is 1.61. The SMILES string of the molecule is O=C(CC1=CSC2=NCCN12)NC1CCS(=O)(=O)C1. The van der Waals surface area contributed by atoms with Crippen LogP contribution in [0.2, 0.25) is 0 Å². The highest BCUT2D eigenvalue weighted by molar-refractivity contribution is 8.16. The van der Waals surface area contributed by atoms with Crippen molar-refractivity contribution in [1.29, 1.82) is 0 Å². The van der Waals surface area contributed by atoms with Gasteiger partial charge in [0.2, 0.25) is 5.91 Å². The zero-order chi connectivity index (χ0) is 13.5. The fourth-order valence-electron chi connectivity index (χ4n) is 2.47. The maximum atomic E-state index is 11.9. The molecule has 1 fully saturated rings. The molecule has 1 N–H and O–H groups in total. The van der Waals surface area contributed by atoms with Crippen molar-refractivity contribution < 1.29 is 13.2 Å². The first-order chi connectivity index (χ1) is 9.03. The van der Waals surface area contributed by atoms with Gasteiger partial charge < -0.3 is 10.2 Å². The quantitative estimate of drug-likeness (QED) is 0.790. The van der Waals surface area contributed by atoms with Crippen LogP contribution in [0.4, 0.5) is 0 Å². The van der Waals surface area contributed by atoms with E-state index in [2.05, 4.69) is 15.2 Å². The fraction of sp³-hybridized carbons (Fsp3) is 0.636. The third kappa shape index (κ3) is 2.79. The Morgan fingerprint density at radius 1 is 1.58 bits per heavy atom. The Morgan fingerprint density at radius 3 is 3.16 bits per heavy atom. The summed E-state index contributed by atoms with van der Waals surface area (Å²) >= 11 is 1.54. The van der Waals surface area contributed by atoms with Gasteiger partial charge in [-0.25, -0.2) is 8.42 Å². The van der Waals surface area contributed by atoms with Crippen molar-refractivity contribution in [2.45, 2.75) is 18.9 Å². The summed E-state index contributed by atoms with van der Waals surface area (Å²) in [7, 11) is -2.95. The summed E-state index contributed by atoms with van der Waals surface area (Å²) in [6.07, 6.45) is 0.820. The van der Waals surface area contributed by atoms with Crippen molar-refractivity contribution in [1.82, 2.24) is 10.2 Å². The molecule has 1 unspecified atom stereocenters. The Bertz CT molecular complexity index is 568. The number of sulfone groups is 1. The van der Waals surface area contributed by atoms with E-state index in [1.54, 1.807) is 11.8 Å². The van der Waals surface area contributed by atoms with Gasteiger partial charge in [-0.05, 0) is 11.8 Å². The lowest BCUT2D eigenvalue weighted by molar-refractivity contribution is -0.121. The molecule has 3 aliphatic rings. The Balaban J connectivity index is 1.54. The van der Waals surface area contributed by atoms with Crippen molar-refractivity contribution in [2.24, 2.45) is 4.99 Å². The summed E-state index contributed by atoms with van der Waals surface area (Å²) in [5, 5.41) is 5.72. The van der Waals surface area contributed by atoms with Crippen LogP contribution in [-0.2, 0) is 14.6 Å². The average molecular weight is 301 g/mol. The van der Waals surface area contributed by atoms with Crippen molar-refractivity contribution in [3.05, 3.63) is 11.1 Å². The number of fused-ring (bicyclic) bond motifs is 1. The molecule has 0 aromatic heterocycles. The number of amides is 1. The van der Waals surface area contributed by atoms with E-state index in [9.17, 15) is 13.2 Å². The Hall–Kier alpha value is -1.02. The molecule has 1 amide bonds. The molecular weight excluding hydrogens is 286 g/mol. The van der Waals surface area contributed by atoms with E-state index >= 15 is 0 Å². The largest absolute Gasteiger partial charge is 0.352 e. The topological polar surface area (TPSA) is 78.8 Å². The molecule has 8 heteroatoms.